The van der Waals surface area contributed by atoms with Crippen molar-refractivity contribution in [1.82, 2.24) is 10.3 Å². The molecule has 7 heteroatoms. The number of piperazine rings is 1. The van der Waals surface area contributed by atoms with Crippen LogP contribution >= 0.6 is 23.2 Å². The number of hydrogen-bond donors (Lipinski definition) is 2. The minimum Gasteiger partial charge on any atom is -0.366 e. The van der Waals surface area contributed by atoms with E-state index in [0.29, 0.717) is 27.2 Å². The number of halogens is 2. The quantitative estimate of drug-likeness (QED) is 0.815. The Morgan fingerprint density at radius 3 is 2.57 bits per heavy atom. The maximum absolute atomic E-state index is 12.2. The monoisotopic (exact) mass is 352 g/mol. The lowest BCUT2D eigenvalue weighted by Gasteiger charge is -2.38. The number of nitrogens with one attached hydrogen (secondary N) is 1. The largest absolute Gasteiger partial charge is 0.366 e. The van der Waals surface area contributed by atoms with Crippen LogP contribution in [0.25, 0.3) is 10.9 Å². The van der Waals surface area contributed by atoms with E-state index in [9.17, 15) is 4.79 Å². The first-order chi connectivity index (χ1) is 10.9. The van der Waals surface area contributed by atoms with E-state index in [1.54, 1.807) is 18.2 Å². The first-order valence-corrected chi connectivity index (χ1v) is 8.22. The van der Waals surface area contributed by atoms with Gasteiger partial charge in [-0.1, -0.05) is 23.2 Å². The van der Waals surface area contributed by atoms with E-state index in [1.165, 1.54) is 0 Å². The Morgan fingerprint density at radius 2 is 1.96 bits per heavy atom. The molecule has 5 nitrogen and oxygen atoms in total. The van der Waals surface area contributed by atoms with Crippen molar-refractivity contribution >= 4 is 45.7 Å². The number of fused-ring (bicyclic) bond motifs is 1. The van der Waals surface area contributed by atoms with Crippen molar-refractivity contribution < 1.29 is 4.79 Å². The molecule has 1 aliphatic rings. The van der Waals surface area contributed by atoms with E-state index in [-0.39, 0.29) is 17.2 Å². The maximum Gasteiger partial charge on any atom is 0.251 e. The molecular weight excluding hydrogens is 335 g/mol. The molecule has 0 aliphatic carbocycles. The standard InChI is InChI=1S/C16H18Cl2N4O/c1-8-6-22(7-9(2)20-8)14-13(16(19)23)11-5-10(17)3-4-12(11)21-15(14)18/h3-5,8-9,20H,6-7H2,1-2H3,(H2,19,23)/t8-,9+. The molecule has 1 fully saturated rings. The molecule has 1 aliphatic heterocycles. The van der Waals surface area contributed by atoms with Gasteiger partial charge in [-0.2, -0.15) is 0 Å². The Morgan fingerprint density at radius 1 is 1.30 bits per heavy atom. The van der Waals surface area contributed by atoms with Crippen LogP contribution in [0.5, 0.6) is 0 Å². The van der Waals surface area contributed by atoms with E-state index < -0.39 is 5.91 Å². The number of rotatable bonds is 2. The summed E-state index contributed by atoms with van der Waals surface area (Å²) in [5.74, 6) is -0.532. The lowest BCUT2D eigenvalue weighted by Crippen LogP contribution is -2.54. The zero-order valence-electron chi connectivity index (χ0n) is 12.9. The van der Waals surface area contributed by atoms with Crippen molar-refractivity contribution in [3.8, 4) is 0 Å². The number of hydrogen-bond acceptors (Lipinski definition) is 4. The van der Waals surface area contributed by atoms with Gasteiger partial charge in [0.25, 0.3) is 5.91 Å². The molecule has 0 radical (unpaired) electrons. The third kappa shape index (κ3) is 3.09. The summed E-state index contributed by atoms with van der Waals surface area (Å²) in [5.41, 5.74) is 7.24. The minimum absolute atomic E-state index is 0.269. The molecule has 1 aromatic carbocycles. The van der Waals surface area contributed by atoms with Crippen molar-refractivity contribution in [2.45, 2.75) is 25.9 Å². The highest BCUT2D eigenvalue weighted by Crippen LogP contribution is 2.35. The molecule has 2 atom stereocenters. The zero-order chi connectivity index (χ0) is 16.7. The average molecular weight is 353 g/mol. The average Bonchev–Trinajstić information content (AvgIpc) is 2.45. The van der Waals surface area contributed by atoms with Crippen LogP contribution in [0.4, 0.5) is 5.69 Å². The third-order valence-corrected chi connectivity index (χ3v) is 4.50. The highest BCUT2D eigenvalue weighted by Gasteiger charge is 2.28. The molecule has 3 rings (SSSR count). The van der Waals surface area contributed by atoms with E-state index >= 15 is 0 Å². The van der Waals surface area contributed by atoms with Gasteiger partial charge in [-0.05, 0) is 32.0 Å². The van der Waals surface area contributed by atoms with Crippen molar-refractivity contribution in [2.24, 2.45) is 5.73 Å². The Labute approximate surface area is 144 Å². The molecule has 1 saturated heterocycles. The Kier molecular flexibility index (Phi) is 4.36. The normalized spacial score (nSPS) is 21.7. The summed E-state index contributed by atoms with van der Waals surface area (Å²) in [6.45, 7) is 5.62. The highest BCUT2D eigenvalue weighted by molar-refractivity contribution is 6.35. The van der Waals surface area contributed by atoms with Gasteiger partial charge in [0.2, 0.25) is 0 Å². The summed E-state index contributed by atoms with van der Waals surface area (Å²) < 4.78 is 0. The molecule has 1 aromatic heterocycles. The summed E-state index contributed by atoms with van der Waals surface area (Å²) in [6.07, 6.45) is 0. The van der Waals surface area contributed by atoms with Gasteiger partial charge in [-0.15, -0.1) is 0 Å². The van der Waals surface area contributed by atoms with Crippen LogP contribution < -0.4 is 16.0 Å². The van der Waals surface area contributed by atoms with Crippen molar-refractivity contribution in [2.75, 3.05) is 18.0 Å². The summed E-state index contributed by atoms with van der Waals surface area (Å²) in [6, 6.07) is 5.70. The summed E-state index contributed by atoms with van der Waals surface area (Å²) >= 11 is 12.5. The first kappa shape index (κ1) is 16.3. The second-order valence-corrected chi connectivity index (χ2v) is 6.82. The summed E-state index contributed by atoms with van der Waals surface area (Å²) in [7, 11) is 0. The molecule has 0 spiro atoms. The molecule has 122 valence electrons. The lowest BCUT2D eigenvalue weighted by atomic mass is 10.0. The molecule has 2 heterocycles. The van der Waals surface area contributed by atoms with Crippen LogP contribution in [0.1, 0.15) is 24.2 Å². The van der Waals surface area contributed by atoms with E-state index in [4.69, 9.17) is 28.9 Å². The van der Waals surface area contributed by atoms with Gasteiger partial charge in [0.05, 0.1) is 16.8 Å². The zero-order valence-corrected chi connectivity index (χ0v) is 14.4. The van der Waals surface area contributed by atoms with Crippen LogP contribution in [0.2, 0.25) is 10.2 Å². The molecule has 0 unspecified atom stereocenters. The van der Waals surface area contributed by atoms with Gasteiger partial charge < -0.3 is 16.0 Å². The van der Waals surface area contributed by atoms with E-state index in [2.05, 4.69) is 29.0 Å². The lowest BCUT2D eigenvalue weighted by molar-refractivity contribution is 0.100. The number of nitrogens with two attached hydrogens (primary N) is 1. The third-order valence-electron chi connectivity index (χ3n) is 4.00. The summed E-state index contributed by atoms with van der Waals surface area (Å²) in [4.78, 5) is 18.6. The SMILES string of the molecule is C[C@@H]1CN(c2c(Cl)nc3ccc(Cl)cc3c2C(N)=O)C[C@H](C)N1. The highest BCUT2D eigenvalue weighted by atomic mass is 35.5. The Bertz CT molecular complexity index is 770. The number of primary amides is 1. The van der Waals surface area contributed by atoms with Gasteiger partial charge in [0.15, 0.2) is 5.15 Å². The molecule has 3 N–H and O–H groups in total. The fourth-order valence-electron chi connectivity index (χ4n) is 3.24. The Hall–Kier alpha value is -1.56. The number of benzene rings is 1. The smallest absolute Gasteiger partial charge is 0.251 e. The molecule has 2 aromatic rings. The number of nitrogens with zero attached hydrogens (tertiary/aromatic N) is 2. The van der Waals surface area contributed by atoms with Crippen molar-refractivity contribution in [3.63, 3.8) is 0 Å². The van der Waals surface area contributed by atoms with Gasteiger partial charge >= 0.3 is 0 Å². The van der Waals surface area contributed by atoms with Gasteiger partial charge in [0, 0.05) is 35.6 Å². The van der Waals surface area contributed by atoms with E-state index in [1.807, 2.05) is 0 Å². The van der Waals surface area contributed by atoms with Crippen LogP contribution in [-0.2, 0) is 0 Å². The van der Waals surface area contributed by atoms with Gasteiger partial charge in [-0.25, -0.2) is 4.98 Å². The van der Waals surface area contributed by atoms with Crippen LogP contribution in [0.3, 0.4) is 0 Å². The number of carbonyl (C=O) groups excluding carboxylic acids is 1. The fourth-order valence-corrected chi connectivity index (χ4v) is 3.72. The molecule has 23 heavy (non-hydrogen) atoms. The predicted octanol–water partition coefficient (Wildman–Crippen LogP) is 2.83. The topological polar surface area (TPSA) is 71.2 Å². The van der Waals surface area contributed by atoms with E-state index in [0.717, 1.165) is 13.1 Å². The van der Waals surface area contributed by atoms with Gasteiger partial charge in [-0.3, -0.25) is 4.79 Å². The minimum atomic E-state index is -0.532. The second kappa shape index (κ2) is 6.15. The number of amides is 1. The van der Waals surface area contributed by atoms with Crippen LogP contribution in [0.15, 0.2) is 18.2 Å². The number of pyridine rings is 1. The molecule has 0 bridgehead atoms. The Balaban J connectivity index is 2.24. The first-order valence-electron chi connectivity index (χ1n) is 7.46. The predicted molar refractivity (Wildman–Crippen MR) is 94.6 cm³/mol. The molecule has 1 amide bonds. The second-order valence-electron chi connectivity index (χ2n) is 6.03. The van der Waals surface area contributed by atoms with Gasteiger partial charge in [0.1, 0.15) is 0 Å². The van der Waals surface area contributed by atoms with Crippen LogP contribution in [-0.4, -0.2) is 36.1 Å². The number of aromatic nitrogens is 1. The maximum atomic E-state index is 12.2. The fraction of sp³-hybridized carbons (Fsp3) is 0.375. The summed E-state index contributed by atoms with van der Waals surface area (Å²) in [5, 5.41) is 4.89. The van der Waals surface area contributed by atoms with Crippen molar-refractivity contribution in [3.05, 3.63) is 33.9 Å². The van der Waals surface area contributed by atoms with Crippen LogP contribution in [0, 0.1) is 0 Å². The van der Waals surface area contributed by atoms with Crippen molar-refractivity contribution in [1.29, 1.82) is 0 Å². The number of carbonyl (C=O) groups is 1. The molecular formula is C16H18Cl2N4O. The molecule has 0 saturated carbocycles. The number of anilines is 1.